The number of aliphatic carboxylic acids is 1. The maximum absolute atomic E-state index is 11.5. The van der Waals surface area contributed by atoms with Crippen molar-refractivity contribution in [3.8, 4) is 0 Å². The summed E-state index contributed by atoms with van der Waals surface area (Å²) < 4.78 is 1.04. The Kier molecular flexibility index (Phi) is 6.72. The number of anilines is 2. The highest BCUT2D eigenvalue weighted by molar-refractivity contribution is 7.17. The summed E-state index contributed by atoms with van der Waals surface area (Å²) in [7, 11) is 0. The fourth-order valence-electron chi connectivity index (χ4n) is 6.10. The number of carboxylic acid groups (broad SMARTS) is 1. The number of nitrogens with one attached hydrogen (secondary N) is 1. The number of rotatable bonds is 7. The summed E-state index contributed by atoms with van der Waals surface area (Å²) in [4.78, 5) is 26.1. The largest absolute Gasteiger partial charge is 0.481 e. The first kappa shape index (κ1) is 25.2. The molecular formula is C27H31Cl2N5O2S. The van der Waals surface area contributed by atoms with Gasteiger partial charge in [0.2, 0.25) is 5.95 Å². The summed E-state index contributed by atoms with van der Waals surface area (Å²) in [5.41, 5.74) is 1.39. The highest BCUT2D eigenvalue weighted by Gasteiger charge is 2.49. The average molecular weight is 561 g/mol. The van der Waals surface area contributed by atoms with Gasteiger partial charge < -0.3 is 20.2 Å². The lowest BCUT2D eigenvalue weighted by atomic mass is 9.65. The predicted molar refractivity (Wildman–Crippen MR) is 150 cm³/mol. The van der Waals surface area contributed by atoms with E-state index < -0.39 is 11.4 Å². The van der Waals surface area contributed by atoms with E-state index in [2.05, 4.69) is 20.5 Å². The fourth-order valence-corrected chi connectivity index (χ4v) is 7.37. The summed E-state index contributed by atoms with van der Waals surface area (Å²) in [5.74, 6) is 2.23. The molecule has 3 fully saturated rings. The second-order valence-electron chi connectivity index (χ2n) is 11.1. The number of likely N-dealkylation sites (tertiary alicyclic amines) is 1. The van der Waals surface area contributed by atoms with Gasteiger partial charge in [-0.1, -0.05) is 29.3 Å². The molecule has 1 atom stereocenters. The van der Waals surface area contributed by atoms with Crippen LogP contribution in [0.2, 0.25) is 10.0 Å². The van der Waals surface area contributed by atoms with Crippen molar-refractivity contribution in [1.29, 1.82) is 0 Å². The van der Waals surface area contributed by atoms with Crippen molar-refractivity contribution < 1.29 is 9.90 Å². The van der Waals surface area contributed by atoms with Crippen molar-refractivity contribution in [3.05, 3.63) is 45.3 Å². The minimum atomic E-state index is -0.653. The summed E-state index contributed by atoms with van der Waals surface area (Å²) >= 11 is 14.1. The number of fused-ring (bicyclic) bond motifs is 1. The van der Waals surface area contributed by atoms with Crippen molar-refractivity contribution in [1.82, 2.24) is 14.9 Å². The molecule has 0 amide bonds. The van der Waals surface area contributed by atoms with Gasteiger partial charge in [-0.2, -0.15) is 4.98 Å². The third kappa shape index (κ3) is 4.89. The molecule has 2 aliphatic heterocycles. The van der Waals surface area contributed by atoms with Gasteiger partial charge in [-0.25, -0.2) is 4.98 Å². The number of hydrogen-bond donors (Lipinski definition) is 2. The summed E-state index contributed by atoms with van der Waals surface area (Å²) in [6.45, 7) is 6.55. The molecule has 3 aliphatic rings. The van der Waals surface area contributed by atoms with Crippen molar-refractivity contribution in [2.75, 3.05) is 36.4 Å². The molecule has 2 saturated heterocycles. The molecule has 37 heavy (non-hydrogen) atoms. The van der Waals surface area contributed by atoms with E-state index in [0.717, 1.165) is 66.6 Å². The Balaban J connectivity index is 1.09. The number of nitrogens with zero attached hydrogens (tertiary/aromatic N) is 4. The second-order valence-corrected chi connectivity index (χ2v) is 12.8. The number of hydrogen-bond acceptors (Lipinski definition) is 7. The van der Waals surface area contributed by atoms with Crippen LogP contribution in [0.4, 0.5) is 11.8 Å². The van der Waals surface area contributed by atoms with Gasteiger partial charge in [-0.05, 0) is 80.1 Å². The molecule has 10 heteroatoms. The Hall–Kier alpha value is -2.13. The molecule has 3 aromatic rings. The van der Waals surface area contributed by atoms with Crippen LogP contribution in [0.25, 0.3) is 10.2 Å². The highest BCUT2D eigenvalue weighted by atomic mass is 35.5. The molecule has 1 aliphatic carbocycles. The van der Waals surface area contributed by atoms with Gasteiger partial charge in [-0.3, -0.25) is 4.79 Å². The first-order chi connectivity index (χ1) is 17.8. The molecule has 1 aromatic carbocycles. The molecule has 196 valence electrons. The third-order valence-corrected chi connectivity index (χ3v) is 10.0. The van der Waals surface area contributed by atoms with Crippen molar-refractivity contribution in [3.63, 3.8) is 0 Å². The highest BCUT2D eigenvalue weighted by Crippen LogP contribution is 2.45. The van der Waals surface area contributed by atoms with Crippen LogP contribution in [-0.4, -0.2) is 58.2 Å². The van der Waals surface area contributed by atoms with Gasteiger partial charge in [0.25, 0.3) is 0 Å². The zero-order valence-electron chi connectivity index (χ0n) is 20.8. The number of benzene rings is 1. The van der Waals surface area contributed by atoms with Gasteiger partial charge in [0, 0.05) is 42.3 Å². The molecule has 2 aromatic heterocycles. The van der Waals surface area contributed by atoms with E-state index in [-0.39, 0.29) is 0 Å². The topological polar surface area (TPSA) is 81.6 Å². The monoisotopic (exact) mass is 559 g/mol. The molecule has 0 spiro atoms. The fraction of sp³-hybridized carbons (Fsp3) is 0.519. The maximum atomic E-state index is 11.5. The summed E-state index contributed by atoms with van der Waals surface area (Å²) in [5, 5.41) is 16.3. The van der Waals surface area contributed by atoms with E-state index in [1.165, 1.54) is 12.8 Å². The zero-order chi connectivity index (χ0) is 25.7. The van der Waals surface area contributed by atoms with Gasteiger partial charge in [-0.15, -0.1) is 11.3 Å². The van der Waals surface area contributed by atoms with Gasteiger partial charge >= 0.3 is 5.97 Å². The Morgan fingerprint density at radius 1 is 1.19 bits per heavy atom. The Morgan fingerprint density at radius 2 is 2.00 bits per heavy atom. The molecule has 4 heterocycles. The van der Waals surface area contributed by atoms with Crippen LogP contribution in [0.3, 0.4) is 0 Å². The standard InChI is InChI=1S/C27H31Cl2N5O2S/c1-27(25(35)36)10-20(11-27)33-7-2-3-17(13-33)18-14-34(15-18)26-31-22-6-8-37-23(22)24(32-26)30-12-16-4-5-19(28)9-21(16)29/h4-6,8-9,17-18,20H,2-3,7,10-15H2,1H3,(H,35,36)(H,30,31,32). The number of carboxylic acids is 1. The lowest BCUT2D eigenvalue weighted by molar-refractivity contribution is -0.158. The van der Waals surface area contributed by atoms with Crippen LogP contribution in [0.1, 0.15) is 38.2 Å². The molecule has 0 radical (unpaired) electrons. The van der Waals surface area contributed by atoms with Crippen molar-refractivity contribution >= 4 is 62.5 Å². The molecule has 1 unspecified atom stereocenters. The van der Waals surface area contributed by atoms with E-state index in [1.54, 1.807) is 17.4 Å². The smallest absolute Gasteiger partial charge is 0.309 e. The minimum Gasteiger partial charge on any atom is -0.481 e. The van der Waals surface area contributed by atoms with Crippen LogP contribution >= 0.6 is 34.5 Å². The van der Waals surface area contributed by atoms with Crippen LogP contribution in [0.5, 0.6) is 0 Å². The molecule has 1 saturated carbocycles. The van der Waals surface area contributed by atoms with Gasteiger partial charge in [0.1, 0.15) is 5.82 Å². The first-order valence-corrected chi connectivity index (χ1v) is 14.6. The van der Waals surface area contributed by atoms with E-state index in [0.29, 0.717) is 34.5 Å². The maximum Gasteiger partial charge on any atom is 0.309 e. The minimum absolute atomic E-state index is 0.423. The number of aromatic nitrogens is 2. The van der Waals surface area contributed by atoms with Gasteiger partial charge in [0.05, 0.1) is 15.6 Å². The van der Waals surface area contributed by atoms with Gasteiger partial charge in [0.15, 0.2) is 0 Å². The van der Waals surface area contributed by atoms with Crippen molar-refractivity contribution in [2.45, 2.75) is 45.2 Å². The van der Waals surface area contributed by atoms with Crippen LogP contribution in [0.15, 0.2) is 29.6 Å². The van der Waals surface area contributed by atoms with Crippen molar-refractivity contribution in [2.24, 2.45) is 17.3 Å². The van der Waals surface area contributed by atoms with Crippen LogP contribution in [0, 0.1) is 17.3 Å². The molecular weight excluding hydrogens is 529 g/mol. The number of piperidine rings is 1. The van der Waals surface area contributed by atoms with Crippen LogP contribution < -0.4 is 10.2 Å². The lowest BCUT2D eigenvalue weighted by Crippen LogP contribution is -2.58. The average Bonchev–Trinajstić information content (AvgIpc) is 3.29. The molecule has 6 rings (SSSR count). The first-order valence-electron chi connectivity index (χ1n) is 12.9. The third-order valence-electron chi connectivity index (χ3n) is 8.51. The number of thiophene rings is 1. The number of carbonyl (C=O) groups is 1. The molecule has 2 N–H and O–H groups in total. The summed E-state index contributed by atoms with van der Waals surface area (Å²) in [6, 6.07) is 8.01. The quantitative estimate of drug-likeness (QED) is 0.366. The van der Waals surface area contributed by atoms with E-state index >= 15 is 0 Å². The predicted octanol–water partition coefficient (Wildman–Crippen LogP) is 6.01. The van der Waals surface area contributed by atoms with E-state index in [9.17, 15) is 9.90 Å². The van der Waals surface area contributed by atoms with Crippen LogP contribution in [-0.2, 0) is 11.3 Å². The Bertz CT molecular complexity index is 1320. The number of halogens is 2. The normalized spacial score (nSPS) is 26.6. The molecule has 0 bridgehead atoms. The van der Waals surface area contributed by atoms with E-state index in [1.807, 2.05) is 25.1 Å². The molecule has 7 nitrogen and oxygen atoms in total. The lowest BCUT2D eigenvalue weighted by Gasteiger charge is -2.52. The SMILES string of the molecule is CC1(C(=O)O)CC(N2CCCC(C3CN(c4nc(NCc5ccc(Cl)cc5Cl)c5sccc5n4)C3)C2)C1. The Labute approximate surface area is 230 Å². The van der Waals surface area contributed by atoms with E-state index in [4.69, 9.17) is 33.2 Å². The zero-order valence-corrected chi connectivity index (χ0v) is 23.1. The summed E-state index contributed by atoms with van der Waals surface area (Å²) in [6.07, 6.45) is 3.99. The Morgan fingerprint density at radius 3 is 2.76 bits per heavy atom. The second kappa shape index (κ2) is 9.88.